The number of nitrogens with one attached hydrogen (secondary N) is 3. The Morgan fingerprint density at radius 1 is 0.892 bits per heavy atom. The topological polar surface area (TPSA) is 121 Å². The SMILES string of the molecule is CCc1c(NCC(=O)Nc2ccc(S(=O)(=O)Nc3cccc(C(F)(F)F)c3)cc2)cccc1S(C)(=O)=O. The van der Waals surface area contributed by atoms with Gasteiger partial charge in [0, 0.05) is 23.3 Å². The molecule has 0 spiro atoms. The second kappa shape index (κ2) is 10.8. The maximum atomic E-state index is 12.9. The zero-order valence-electron chi connectivity index (χ0n) is 19.8. The number of carbonyl (C=O) groups is 1. The highest BCUT2D eigenvalue weighted by Crippen LogP contribution is 2.31. The average molecular weight is 556 g/mol. The molecule has 3 rings (SSSR count). The number of benzene rings is 3. The summed E-state index contributed by atoms with van der Waals surface area (Å²) in [5.74, 6) is -0.468. The van der Waals surface area contributed by atoms with Gasteiger partial charge in [-0.05, 0) is 66.6 Å². The molecule has 1 amide bonds. The third-order valence-corrected chi connectivity index (χ3v) is 7.79. The van der Waals surface area contributed by atoms with E-state index < -0.39 is 37.5 Å². The third-order valence-electron chi connectivity index (χ3n) is 5.22. The first-order valence-electron chi connectivity index (χ1n) is 10.9. The number of amides is 1. The summed E-state index contributed by atoms with van der Waals surface area (Å²) in [4.78, 5) is 12.3. The normalized spacial score (nSPS) is 12.1. The number of hydrogen-bond donors (Lipinski definition) is 3. The molecule has 8 nitrogen and oxygen atoms in total. The summed E-state index contributed by atoms with van der Waals surface area (Å²) in [5, 5.41) is 5.50. The second-order valence-electron chi connectivity index (χ2n) is 8.02. The number of sulfonamides is 1. The van der Waals surface area contributed by atoms with Crippen LogP contribution in [0.15, 0.2) is 76.5 Å². The van der Waals surface area contributed by atoms with Crippen molar-refractivity contribution in [3.05, 3.63) is 77.9 Å². The molecule has 0 fully saturated rings. The summed E-state index contributed by atoms with van der Waals surface area (Å²) in [6.07, 6.45) is -3.08. The molecule has 0 heterocycles. The van der Waals surface area contributed by atoms with E-state index in [1.165, 1.54) is 36.4 Å². The second-order valence-corrected chi connectivity index (χ2v) is 11.7. The van der Waals surface area contributed by atoms with Crippen LogP contribution in [0.25, 0.3) is 0 Å². The fraction of sp³-hybridized carbons (Fsp3) is 0.208. The lowest BCUT2D eigenvalue weighted by molar-refractivity contribution is -0.137. The predicted molar refractivity (Wildman–Crippen MR) is 135 cm³/mol. The van der Waals surface area contributed by atoms with Crippen molar-refractivity contribution in [2.24, 2.45) is 0 Å². The summed E-state index contributed by atoms with van der Waals surface area (Å²) >= 11 is 0. The van der Waals surface area contributed by atoms with Crippen LogP contribution in [0.1, 0.15) is 18.1 Å². The van der Waals surface area contributed by atoms with Gasteiger partial charge in [-0.2, -0.15) is 13.2 Å². The van der Waals surface area contributed by atoms with E-state index in [0.717, 1.165) is 18.4 Å². The van der Waals surface area contributed by atoms with Gasteiger partial charge in [-0.25, -0.2) is 16.8 Å². The fourth-order valence-corrected chi connectivity index (χ4v) is 5.59. The van der Waals surface area contributed by atoms with E-state index in [-0.39, 0.29) is 27.7 Å². The number of halogens is 3. The Labute approximate surface area is 212 Å². The van der Waals surface area contributed by atoms with E-state index >= 15 is 0 Å². The van der Waals surface area contributed by atoms with Crippen molar-refractivity contribution >= 4 is 42.8 Å². The van der Waals surface area contributed by atoms with E-state index in [1.54, 1.807) is 19.1 Å². The zero-order chi connectivity index (χ0) is 27.4. The van der Waals surface area contributed by atoms with Gasteiger partial charge in [0.25, 0.3) is 10.0 Å². The van der Waals surface area contributed by atoms with Crippen molar-refractivity contribution in [2.75, 3.05) is 28.2 Å². The van der Waals surface area contributed by atoms with Gasteiger partial charge in [0.15, 0.2) is 9.84 Å². The van der Waals surface area contributed by atoms with Crippen LogP contribution in [0.4, 0.5) is 30.2 Å². The van der Waals surface area contributed by atoms with E-state index in [4.69, 9.17) is 0 Å². The molecular formula is C24H24F3N3O5S2. The van der Waals surface area contributed by atoms with Crippen LogP contribution < -0.4 is 15.4 Å². The standard InChI is InChI=1S/C24H24F3N3O5S2/c1-3-20-21(8-5-9-22(20)36(2,32)33)28-15-23(31)29-17-10-12-19(13-11-17)37(34,35)30-18-7-4-6-16(14-18)24(25,26)27/h4-14,28,30H,3,15H2,1-2H3,(H,29,31). The van der Waals surface area contributed by atoms with Crippen LogP contribution in [-0.4, -0.2) is 35.5 Å². The van der Waals surface area contributed by atoms with E-state index in [0.29, 0.717) is 23.7 Å². The number of hydrogen-bond acceptors (Lipinski definition) is 6. The van der Waals surface area contributed by atoms with Crippen molar-refractivity contribution < 1.29 is 34.8 Å². The first kappa shape index (κ1) is 28.0. The minimum Gasteiger partial charge on any atom is -0.376 e. The van der Waals surface area contributed by atoms with Gasteiger partial charge in [-0.3, -0.25) is 9.52 Å². The van der Waals surface area contributed by atoms with Crippen LogP contribution in [0, 0.1) is 0 Å². The molecule has 198 valence electrons. The van der Waals surface area contributed by atoms with Crippen LogP contribution >= 0.6 is 0 Å². The van der Waals surface area contributed by atoms with Gasteiger partial charge >= 0.3 is 6.18 Å². The first-order chi connectivity index (χ1) is 17.2. The van der Waals surface area contributed by atoms with Gasteiger partial charge in [0.05, 0.1) is 21.9 Å². The van der Waals surface area contributed by atoms with Crippen molar-refractivity contribution in [1.82, 2.24) is 0 Å². The lowest BCUT2D eigenvalue weighted by Gasteiger charge is -2.14. The lowest BCUT2D eigenvalue weighted by Crippen LogP contribution is -2.22. The molecule has 0 saturated carbocycles. The Bertz CT molecular complexity index is 1510. The monoisotopic (exact) mass is 555 g/mol. The maximum absolute atomic E-state index is 12.9. The quantitative estimate of drug-likeness (QED) is 0.357. The smallest absolute Gasteiger partial charge is 0.376 e. The van der Waals surface area contributed by atoms with Gasteiger partial charge in [-0.1, -0.05) is 19.1 Å². The third kappa shape index (κ3) is 7.23. The highest BCUT2D eigenvalue weighted by Gasteiger charge is 2.30. The van der Waals surface area contributed by atoms with Gasteiger partial charge in [0.2, 0.25) is 5.91 Å². The number of sulfone groups is 1. The zero-order valence-corrected chi connectivity index (χ0v) is 21.4. The minimum absolute atomic E-state index is 0.177. The molecule has 13 heteroatoms. The molecule has 0 aromatic heterocycles. The average Bonchev–Trinajstić information content (AvgIpc) is 2.81. The molecule has 3 aromatic carbocycles. The minimum atomic E-state index is -4.62. The lowest BCUT2D eigenvalue weighted by atomic mass is 10.1. The Balaban J connectivity index is 1.66. The van der Waals surface area contributed by atoms with E-state index in [1.807, 2.05) is 0 Å². The van der Waals surface area contributed by atoms with E-state index in [9.17, 15) is 34.8 Å². The molecule has 0 aliphatic carbocycles. The highest BCUT2D eigenvalue weighted by atomic mass is 32.2. The summed E-state index contributed by atoms with van der Waals surface area (Å²) in [5.41, 5.74) is 0.104. The molecule has 37 heavy (non-hydrogen) atoms. The molecule has 0 aliphatic rings. The van der Waals surface area contributed by atoms with Crippen molar-refractivity contribution in [2.45, 2.75) is 29.3 Å². The Hall–Kier alpha value is -3.58. The molecule has 0 atom stereocenters. The summed E-state index contributed by atoms with van der Waals surface area (Å²) < 4.78 is 89.9. The van der Waals surface area contributed by atoms with Crippen LogP contribution in [0.3, 0.4) is 0 Å². The predicted octanol–water partition coefficient (Wildman–Crippen LogP) is 4.52. The molecule has 0 unspecified atom stereocenters. The molecule has 3 N–H and O–H groups in total. The molecular weight excluding hydrogens is 531 g/mol. The number of alkyl halides is 3. The van der Waals surface area contributed by atoms with Gasteiger partial charge in [0.1, 0.15) is 0 Å². The Morgan fingerprint density at radius 2 is 1.54 bits per heavy atom. The number of carbonyl (C=O) groups excluding carboxylic acids is 1. The van der Waals surface area contributed by atoms with Crippen molar-refractivity contribution in [3.8, 4) is 0 Å². The van der Waals surface area contributed by atoms with Gasteiger partial charge < -0.3 is 10.6 Å². The van der Waals surface area contributed by atoms with Crippen molar-refractivity contribution in [3.63, 3.8) is 0 Å². The summed E-state index contributed by atoms with van der Waals surface area (Å²) in [6, 6.07) is 13.6. The largest absolute Gasteiger partial charge is 0.416 e. The number of anilines is 3. The molecule has 0 saturated heterocycles. The van der Waals surface area contributed by atoms with Crippen LogP contribution in [0.5, 0.6) is 0 Å². The summed E-state index contributed by atoms with van der Waals surface area (Å²) in [6.45, 7) is 1.62. The summed E-state index contributed by atoms with van der Waals surface area (Å²) in [7, 11) is -7.63. The van der Waals surface area contributed by atoms with Crippen LogP contribution in [0.2, 0.25) is 0 Å². The molecule has 3 aromatic rings. The van der Waals surface area contributed by atoms with Crippen molar-refractivity contribution in [1.29, 1.82) is 0 Å². The fourth-order valence-electron chi connectivity index (χ4n) is 3.51. The molecule has 0 aliphatic heterocycles. The Morgan fingerprint density at radius 3 is 2.14 bits per heavy atom. The molecule has 0 radical (unpaired) electrons. The van der Waals surface area contributed by atoms with Crippen LogP contribution in [-0.2, 0) is 37.3 Å². The van der Waals surface area contributed by atoms with Gasteiger partial charge in [-0.15, -0.1) is 0 Å². The first-order valence-corrected chi connectivity index (χ1v) is 14.2. The number of rotatable bonds is 9. The maximum Gasteiger partial charge on any atom is 0.416 e. The molecule has 0 bridgehead atoms. The highest BCUT2D eigenvalue weighted by molar-refractivity contribution is 7.92. The van der Waals surface area contributed by atoms with E-state index in [2.05, 4.69) is 15.4 Å². The Kier molecular flexibility index (Phi) is 8.18.